The van der Waals surface area contributed by atoms with Gasteiger partial charge in [-0.3, -0.25) is 4.68 Å². The predicted octanol–water partition coefficient (Wildman–Crippen LogP) is 3.28. The van der Waals surface area contributed by atoms with E-state index in [4.69, 9.17) is 0 Å². The Hall–Kier alpha value is -0.990. The van der Waals surface area contributed by atoms with Crippen molar-refractivity contribution in [3.63, 3.8) is 0 Å². The van der Waals surface area contributed by atoms with Crippen LogP contribution in [0.25, 0.3) is 0 Å². The molecule has 0 spiro atoms. The fourth-order valence-electron chi connectivity index (χ4n) is 1.66. The first-order chi connectivity index (χ1) is 7.26. The minimum absolute atomic E-state index is 0.546. The Kier molecular flexibility index (Phi) is 5.22. The van der Waals surface area contributed by atoms with Gasteiger partial charge in [0.05, 0.1) is 11.9 Å². The Morgan fingerprint density at radius 2 is 2.20 bits per heavy atom. The smallest absolute Gasteiger partial charge is 0.0728 e. The van der Waals surface area contributed by atoms with E-state index >= 15 is 0 Å². The maximum Gasteiger partial charge on any atom is 0.0728 e. The van der Waals surface area contributed by atoms with Crippen molar-refractivity contribution in [2.45, 2.75) is 59.0 Å². The fourth-order valence-corrected chi connectivity index (χ4v) is 1.66. The first-order valence-electron chi connectivity index (χ1n) is 6.05. The van der Waals surface area contributed by atoms with Crippen molar-refractivity contribution in [3.05, 3.63) is 12.4 Å². The quantitative estimate of drug-likeness (QED) is 0.747. The molecule has 1 aromatic heterocycles. The van der Waals surface area contributed by atoms with Gasteiger partial charge in [-0.1, -0.05) is 26.7 Å². The lowest BCUT2D eigenvalue weighted by atomic mass is 10.1. The van der Waals surface area contributed by atoms with Crippen LogP contribution in [0.1, 0.15) is 46.5 Å². The Bertz CT molecular complexity index is 268. The Labute approximate surface area is 92.9 Å². The molecule has 0 saturated heterocycles. The molecule has 1 aromatic rings. The second-order valence-corrected chi connectivity index (χ2v) is 4.18. The molecular formula is C12H23N3. The van der Waals surface area contributed by atoms with Gasteiger partial charge in [0.25, 0.3) is 0 Å². The van der Waals surface area contributed by atoms with E-state index < -0.39 is 0 Å². The van der Waals surface area contributed by atoms with Crippen molar-refractivity contribution in [1.82, 2.24) is 9.78 Å². The topological polar surface area (TPSA) is 29.9 Å². The first-order valence-corrected chi connectivity index (χ1v) is 6.05. The lowest BCUT2D eigenvalue weighted by Crippen LogP contribution is -2.14. The number of aromatic nitrogens is 2. The molecule has 0 aliphatic heterocycles. The molecule has 0 aromatic carbocycles. The standard InChI is InChI=1S/C12H23N3/c1-4-6-7-11(3)14-12-9-13-15(10-12)8-5-2/h9-11,14H,4-8H2,1-3H3. The number of nitrogens with one attached hydrogen (secondary N) is 1. The molecule has 15 heavy (non-hydrogen) atoms. The van der Waals surface area contributed by atoms with Gasteiger partial charge < -0.3 is 5.32 Å². The predicted molar refractivity (Wildman–Crippen MR) is 65.1 cm³/mol. The van der Waals surface area contributed by atoms with Crippen molar-refractivity contribution in [2.24, 2.45) is 0 Å². The molecule has 3 heteroatoms. The number of unbranched alkanes of at least 4 members (excludes halogenated alkanes) is 1. The fraction of sp³-hybridized carbons (Fsp3) is 0.750. The van der Waals surface area contributed by atoms with E-state index in [0.29, 0.717) is 6.04 Å². The van der Waals surface area contributed by atoms with E-state index in [-0.39, 0.29) is 0 Å². The van der Waals surface area contributed by atoms with Crippen molar-refractivity contribution in [2.75, 3.05) is 5.32 Å². The molecule has 1 rings (SSSR count). The summed E-state index contributed by atoms with van der Waals surface area (Å²) in [6.45, 7) is 7.63. The summed E-state index contributed by atoms with van der Waals surface area (Å²) >= 11 is 0. The van der Waals surface area contributed by atoms with Gasteiger partial charge in [-0.25, -0.2) is 0 Å². The summed E-state index contributed by atoms with van der Waals surface area (Å²) in [5.41, 5.74) is 1.15. The monoisotopic (exact) mass is 209 g/mol. The SMILES string of the molecule is CCCCC(C)Nc1cnn(CCC)c1. The average molecular weight is 209 g/mol. The van der Waals surface area contributed by atoms with Crippen molar-refractivity contribution >= 4 is 5.69 Å². The highest BCUT2D eigenvalue weighted by Crippen LogP contribution is 2.10. The second kappa shape index (κ2) is 6.49. The van der Waals surface area contributed by atoms with E-state index in [0.717, 1.165) is 18.7 Å². The van der Waals surface area contributed by atoms with Crippen molar-refractivity contribution in [1.29, 1.82) is 0 Å². The molecule has 0 aliphatic rings. The van der Waals surface area contributed by atoms with Crippen LogP contribution in [-0.4, -0.2) is 15.8 Å². The van der Waals surface area contributed by atoms with Gasteiger partial charge >= 0.3 is 0 Å². The zero-order valence-corrected chi connectivity index (χ0v) is 10.2. The number of nitrogens with zero attached hydrogens (tertiary/aromatic N) is 2. The van der Waals surface area contributed by atoms with Crippen LogP contribution in [0.15, 0.2) is 12.4 Å². The molecule has 1 atom stereocenters. The molecule has 3 nitrogen and oxygen atoms in total. The van der Waals surface area contributed by atoms with Crippen LogP contribution < -0.4 is 5.32 Å². The Morgan fingerprint density at radius 3 is 2.87 bits per heavy atom. The van der Waals surface area contributed by atoms with E-state index in [1.165, 1.54) is 19.3 Å². The second-order valence-electron chi connectivity index (χ2n) is 4.18. The van der Waals surface area contributed by atoms with E-state index in [1.807, 2.05) is 10.9 Å². The van der Waals surface area contributed by atoms with Crippen LogP contribution in [0.2, 0.25) is 0 Å². The molecule has 0 bridgehead atoms. The lowest BCUT2D eigenvalue weighted by Gasteiger charge is -2.12. The molecular weight excluding hydrogens is 186 g/mol. The van der Waals surface area contributed by atoms with Gasteiger partial charge in [-0.2, -0.15) is 5.10 Å². The largest absolute Gasteiger partial charge is 0.380 e. The van der Waals surface area contributed by atoms with Gasteiger partial charge in [0.2, 0.25) is 0 Å². The van der Waals surface area contributed by atoms with Crippen LogP contribution in [0.3, 0.4) is 0 Å². The maximum atomic E-state index is 4.29. The lowest BCUT2D eigenvalue weighted by molar-refractivity contribution is 0.602. The zero-order chi connectivity index (χ0) is 11.1. The third kappa shape index (κ3) is 4.36. The molecule has 1 unspecified atom stereocenters. The van der Waals surface area contributed by atoms with Crippen molar-refractivity contribution < 1.29 is 0 Å². The highest BCUT2D eigenvalue weighted by molar-refractivity contribution is 5.38. The number of anilines is 1. The van der Waals surface area contributed by atoms with Gasteiger partial charge in [0.1, 0.15) is 0 Å². The number of rotatable bonds is 7. The van der Waals surface area contributed by atoms with Crippen molar-refractivity contribution in [3.8, 4) is 0 Å². The van der Waals surface area contributed by atoms with Gasteiger partial charge in [-0.15, -0.1) is 0 Å². The van der Waals surface area contributed by atoms with Gasteiger partial charge in [0.15, 0.2) is 0 Å². The summed E-state index contributed by atoms with van der Waals surface area (Å²) in [7, 11) is 0. The van der Waals surface area contributed by atoms with Crippen LogP contribution in [-0.2, 0) is 6.54 Å². The molecule has 86 valence electrons. The number of aryl methyl sites for hydroxylation is 1. The minimum atomic E-state index is 0.546. The van der Waals surface area contributed by atoms with E-state index in [2.05, 4.69) is 37.4 Å². The molecule has 1 heterocycles. The van der Waals surface area contributed by atoms with E-state index in [1.54, 1.807) is 0 Å². The summed E-state index contributed by atoms with van der Waals surface area (Å²) in [5.74, 6) is 0. The van der Waals surface area contributed by atoms with Crippen LogP contribution >= 0.6 is 0 Å². The minimum Gasteiger partial charge on any atom is -0.380 e. The maximum absolute atomic E-state index is 4.29. The number of hydrogen-bond acceptors (Lipinski definition) is 2. The molecule has 1 N–H and O–H groups in total. The van der Waals surface area contributed by atoms with E-state index in [9.17, 15) is 0 Å². The molecule has 0 aliphatic carbocycles. The Balaban J connectivity index is 2.35. The third-order valence-electron chi connectivity index (χ3n) is 2.49. The third-order valence-corrected chi connectivity index (χ3v) is 2.49. The summed E-state index contributed by atoms with van der Waals surface area (Å²) in [5, 5.41) is 7.77. The summed E-state index contributed by atoms with van der Waals surface area (Å²) in [6, 6.07) is 0.546. The highest BCUT2D eigenvalue weighted by atomic mass is 15.3. The Morgan fingerprint density at radius 1 is 1.40 bits per heavy atom. The highest BCUT2D eigenvalue weighted by Gasteiger charge is 2.02. The zero-order valence-electron chi connectivity index (χ0n) is 10.2. The van der Waals surface area contributed by atoms with Crippen LogP contribution in [0.4, 0.5) is 5.69 Å². The molecule has 0 fully saturated rings. The number of hydrogen-bond donors (Lipinski definition) is 1. The summed E-state index contributed by atoms with van der Waals surface area (Å²) in [4.78, 5) is 0. The molecule has 0 saturated carbocycles. The molecule has 0 amide bonds. The molecule has 0 radical (unpaired) electrons. The summed E-state index contributed by atoms with van der Waals surface area (Å²) in [6.07, 6.45) is 8.92. The van der Waals surface area contributed by atoms with Crippen LogP contribution in [0.5, 0.6) is 0 Å². The van der Waals surface area contributed by atoms with Gasteiger partial charge in [-0.05, 0) is 19.8 Å². The normalized spacial score (nSPS) is 12.7. The first kappa shape index (κ1) is 12.1. The van der Waals surface area contributed by atoms with Gasteiger partial charge in [0, 0.05) is 18.8 Å². The van der Waals surface area contributed by atoms with Crippen LogP contribution in [0, 0.1) is 0 Å². The average Bonchev–Trinajstić information content (AvgIpc) is 2.63. The summed E-state index contributed by atoms with van der Waals surface area (Å²) < 4.78 is 1.99.